The number of hydrogen-bond acceptors (Lipinski definition) is 3. The van der Waals surface area contributed by atoms with Crippen molar-refractivity contribution in [3.63, 3.8) is 0 Å². The number of fused-ring (bicyclic) bond motifs is 1. The molecule has 46 valence electrons. The van der Waals surface area contributed by atoms with Gasteiger partial charge in [0, 0.05) is 0 Å². The number of aromatic nitrogens is 3. The van der Waals surface area contributed by atoms with E-state index in [1.54, 1.807) is 12.1 Å². The highest BCUT2D eigenvalue weighted by atomic mass is 14.9. The summed E-state index contributed by atoms with van der Waals surface area (Å²) in [6.07, 6.45) is 6.78. The smallest absolute Gasteiger partial charge is 0.178 e. The van der Waals surface area contributed by atoms with Crippen LogP contribution in [0, 0.1) is 12.4 Å². The van der Waals surface area contributed by atoms with Crippen molar-refractivity contribution >= 4 is 11.2 Å². The second kappa shape index (κ2) is 2.02. The summed E-state index contributed by atoms with van der Waals surface area (Å²) in [5.41, 5.74) is 1.36. The van der Waals surface area contributed by atoms with E-state index in [1.807, 2.05) is 0 Å². The molecular weight excluding hydrogens is 126 g/mol. The fourth-order valence-corrected chi connectivity index (χ4v) is 0.717. The van der Waals surface area contributed by atoms with Gasteiger partial charge >= 0.3 is 0 Å². The lowest BCUT2D eigenvalue weighted by molar-refractivity contribution is 1.21. The van der Waals surface area contributed by atoms with Crippen LogP contribution >= 0.6 is 0 Å². The Bertz CT molecular complexity index is 280. The summed E-state index contributed by atoms with van der Waals surface area (Å²) in [5.74, 6) is 0. The Morgan fingerprint density at radius 3 is 3.10 bits per heavy atom. The Morgan fingerprint density at radius 2 is 2.20 bits per heavy atom. The molecule has 0 aromatic carbocycles. The maximum absolute atomic E-state index is 3.92. The van der Waals surface area contributed by atoms with Gasteiger partial charge in [-0.25, -0.2) is 15.0 Å². The molecule has 2 aromatic heterocycles. The van der Waals surface area contributed by atoms with Crippen LogP contribution in [0.5, 0.6) is 0 Å². The molecule has 0 bridgehead atoms. The molecular formula is C7H3N3. The first-order valence-electron chi connectivity index (χ1n) is 2.83. The highest BCUT2D eigenvalue weighted by Gasteiger charge is 1.90. The zero-order valence-corrected chi connectivity index (χ0v) is 5.07. The monoisotopic (exact) mass is 129 g/mol. The Kier molecular flexibility index (Phi) is 1.07. The van der Waals surface area contributed by atoms with Gasteiger partial charge in [-0.3, -0.25) is 0 Å². The van der Waals surface area contributed by atoms with E-state index in [1.165, 1.54) is 6.20 Å². The molecule has 0 aliphatic rings. The highest BCUT2D eigenvalue weighted by molar-refractivity contribution is 5.67. The predicted octanol–water partition coefficient (Wildman–Crippen LogP) is 0.625. The zero-order valence-electron chi connectivity index (χ0n) is 5.07. The lowest BCUT2D eigenvalue weighted by Crippen LogP contribution is -1.83. The largest absolute Gasteiger partial charge is 0.241 e. The molecule has 3 nitrogen and oxygen atoms in total. The molecule has 0 aliphatic heterocycles. The minimum absolute atomic E-state index is 0.612. The van der Waals surface area contributed by atoms with Crippen LogP contribution in [0.25, 0.3) is 11.2 Å². The third-order valence-corrected chi connectivity index (χ3v) is 1.14. The molecule has 0 saturated heterocycles. The number of nitrogens with zero attached hydrogens (tertiary/aromatic N) is 3. The fourth-order valence-electron chi connectivity index (χ4n) is 0.717. The Hall–Kier alpha value is -1.51. The molecule has 0 aliphatic carbocycles. The first-order chi connectivity index (χ1) is 4.97. The van der Waals surface area contributed by atoms with Gasteiger partial charge in [0.25, 0.3) is 0 Å². The van der Waals surface area contributed by atoms with Crippen molar-refractivity contribution in [2.75, 3.05) is 0 Å². The zero-order chi connectivity index (χ0) is 6.81. The van der Waals surface area contributed by atoms with Crippen LogP contribution in [-0.4, -0.2) is 15.0 Å². The quantitative estimate of drug-likeness (QED) is 0.523. The molecule has 0 saturated carbocycles. The third-order valence-electron chi connectivity index (χ3n) is 1.14. The molecule has 3 heteroatoms. The second-order valence-electron chi connectivity index (χ2n) is 1.78. The maximum atomic E-state index is 3.92. The molecule has 2 rings (SSSR count). The lowest BCUT2D eigenvalue weighted by Gasteiger charge is -1.88. The molecule has 0 atom stereocenters. The summed E-state index contributed by atoms with van der Waals surface area (Å²) in [7, 11) is 0. The van der Waals surface area contributed by atoms with E-state index in [4.69, 9.17) is 0 Å². The Balaban J connectivity index is 2.89. The molecule has 0 fully saturated rings. The molecule has 0 N–H and O–H groups in total. The summed E-state index contributed by atoms with van der Waals surface area (Å²) in [6.45, 7) is 0. The molecule has 10 heavy (non-hydrogen) atoms. The van der Waals surface area contributed by atoms with Gasteiger partial charge in [-0.15, -0.1) is 0 Å². The molecule has 0 spiro atoms. The van der Waals surface area contributed by atoms with Gasteiger partial charge in [-0.2, -0.15) is 0 Å². The van der Waals surface area contributed by atoms with Gasteiger partial charge in [0.05, 0.1) is 12.4 Å². The molecule has 2 heterocycles. The van der Waals surface area contributed by atoms with E-state index in [0.717, 1.165) is 5.52 Å². The van der Waals surface area contributed by atoms with Gasteiger partial charge in [0.15, 0.2) is 5.65 Å². The van der Waals surface area contributed by atoms with Crippen LogP contribution in [0.4, 0.5) is 0 Å². The van der Waals surface area contributed by atoms with Gasteiger partial charge in [0.1, 0.15) is 11.7 Å². The van der Waals surface area contributed by atoms with E-state index in [2.05, 4.69) is 27.3 Å². The second-order valence-corrected chi connectivity index (χ2v) is 1.78. The van der Waals surface area contributed by atoms with Crippen molar-refractivity contribution in [2.24, 2.45) is 0 Å². The van der Waals surface area contributed by atoms with Crippen molar-refractivity contribution in [3.8, 4) is 0 Å². The standard InChI is InChI=1S/C7H3N3/c1-2-6-7(9-3-1)10-5-4-8-6/h1-2,5H. The van der Waals surface area contributed by atoms with Crippen LogP contribution in [0.1, 0.15) is 0 Å². The molecule has 0 unspecified atom stereocenters. The minimum Gasteiger partial charge on any atom is -0.241 e. The first-order valence-corrected chi connectivity index (χ1v) is 2.83. The van der Waals surface area contributed by atoms with E-state index in [-0.39, 0.29) is 0 Å². The van der Waals surface area contributed by atoms with E-state index in [9.17, 15) is 0 Å². The maximum Gasteiger partial charge on any atom is 0.178 e. The summed E-state index contributed by atoms with van der Waals surface area (Å²) >= 11 is 0. The van der Waals surface area contributed by atoms with Gasteiger partial charge in [-0.05, 0) is 12.1 Å². The molecule has 2 radical (unpaired) electrons. The van der Waals surface area contributed by atoms with Crippen LogP contribution in [0.3, 0.4) is 0 Å². The van der Waals surface area contributed by atoms with Gasteiger partial charge in [-0.1, -0.05) is 0 Å². The van der Waals surface area contributed by atoms with Crippen LogP contribution in [-0.2, 0) is 0 Å². The molecule has 2 aromatic rings. The predicted molar refractivity (Wildman–Crippen MR) is 35.0 cm³/mol. The van der Waals surface area contributed by atoms with Crippen molar-refractivity contribution in [2.45, 2.75) is 0 Å². The van der Waals surface area contributed by atoms with Crippen molar-refractivity contribution in [3.05, 3.63) is 30.7 Å². The number of rotatable bonds is 0. The SMILES string of the molecule is [c]1cnc2n[c]ccc2n1. The highest BCUT2D eigenvalue weighted by Crippen LogP contribution is 1.99. The number of pyridine rings is 1. The van der Waals surface area contributed by atoms with Gasteiger partial charge < -0.3 is 0 Å². The van der Waals surface area contributed by atoms with E-state index in [0.29, 0.717) is 5.65 Å². The average molecular weight is 129 g/mol. The van der Waals surface area contributed by atoms with Gasteiger partial charge in [0.2, 0.25) is 0 Å². The van der Waals surface area contributed by atoms with E-state index >= 15 is 0 Å². The summed E-state index contributed by atoms with van der Waals surface area (Å²) < 4.78 is 0. The van der Waals surface area contributed by atoms with Crippen molar-refractivity contribution in [1.82, 2.24) is 15.0 Å². The average Bonchev–Trinajstić information content (AvgIpc) is 2.05. The first kappa shape index (κ1) is 5.29. The van der Waals surface area contributed by atoms with Crippen molar-refractivity contribution in [1.29, 1.82) is 0 Å². The van der Waals surface area contributed by atoms with Crippen LogP contribution in [0.15, 0.2) is 18.3 Å². The summed E-state index contributed by atoms with van der Waals surface area (Å²) in [5, 5.41) is 0. The van der Waals surface area contributed by atoms with Crippen molar-refractivity contribution < 1.29 is 0 Å². The minimum atomic E-state index is 0.612. The van der Waals surface area contributed by atoms with E-state index < -0.39 is 0 Å². The van der Waals surface area contributed by atoms with Crippen LogP contribution < -0.4 is 0 Å². The Labute approximate surface area is 57.8 Å². The summed E-state index contributed by atoms with van der Waals surface area (Å²) in [4.78, 5) is 11.7. The fraction of sp³-hybridized carbons (Fsp3) is 0. The third kappa shape index (κ3) is 0.719. The lowest BCUT2D eigenvalue weighted by atomic mass is 10.4. The summed E-state index contributed by atoms with van der Waals surface area (Å²) in [6, 6.07) is 3.50. The normalized spacial score (nSPS) is 10.0. The Morgan fingerprint density at radius 1 is 1.20 bits per heavy atom. The van der Waals surface area contributed by atoms with Crippen LogP contribution in [0.2, 0.25) is 0 Å². The molecule has 0 amide bonds. The topological polar surface area (TPSA) is 38.7 Å². The number of hydrogen-bond donors (Lipinski definition) is 0.